The van der Waals surface area contributed by atoms with E-state index >= 15 is 0 Å². The van der Waals surface area contributed by atoms with E-state index in [1.807, 2.05) is 0 Å². The van der Waals surface area contributed by atoms with Crippen LogP contribution in [0, 0.1) is 6.92 Å². The van der Waals surface area contributed by atoms with E-state index in [1.165, 1.54) is 0 Å². The molecular weight excluding hydrogens is 184 g/mol. The van der Waals surface area contributed by atoms with Crippen molar-refractivity contribution in [2.75, 3.05) is 6.61 Å². The van der Waals surface area contributed by atoms with Gasteiger partial charge in [-0.15, -0.1) is 6.61 Å². The van der Waals surface area contributed by atoms with Crippen molar-refractivity contribution in [2.24, 2.45) is 0 Å². The molecule has 0 aliphatic rings. The van der Waals surface area contributed by atoms with Gasteiger partial charge in [-0.3, -0.25) is 0 Å². The van der Waals surface area contributed by atoms with Crippen LogP contribution in [-0.2, 0) is 0 Å². The number of hydrogen-bond donors (Lipinski definition) is 0. The minimum Gasteiger partial charge on any atom is -1.00 e. The Morgan fingerprint density at radius 2 is 1.44 bits per heavy atom. The molecule has 0 spiro atoms. The fraction of sp³-hybridized carbons (Fsp3) is 0.750. The number of hydrogen-bond acceptors (Lipinski definition) is 1. The molecule has 0 aliphatic heterocycles. The average Bonchev–Trinajstić information content (AvgIpc) is 1.41. The van der Waals surface area contributed by atoms with Gasteiger partial charge in [-0.25, -0.2) is 0 Å². The number of unbranched alkanes of at least 4 members (excludes halogenated alkanes) is 1. The Hall–Kier alpha value is 2.07. The van der Waals surface area contributed by atoms with Gasteiger partial charge < -0.3 is 36.8 Å². The van der Waals surface area contributed by atoms with Crippen LogP contribution in [0.25, 0.3) is 0 Å². The van der Waals surface area contributed by atoms with Gasteiger partial charge in [0.1, 0.15) is 0 Å². The van der Waals surface area contributed by atoms with Crippen LogP contribution in [0.3, 0.4) is 0 Å². The smallest absolute Gasteiger partial charge is 1.00 e. The van der Waals surface area contributed by atoms with Crippen molar-refractivity contribution in [3.63, 3.8) is 0 Å². The van der Waals surface area contributed by atoms with Crippen LogP contribution in [0.4, 0.5) is 0 Å². The predicted octanol–water partition coefficient (Wildman–Crippen LogP) is -6.79. The van der Waals surface area contributed by atoms with E-state index in [-0.39, 0.29) is 77.5 Å². The van der Waals surface area contributed by atoms with Crippen LogP contribution >= 0.6 is 0 Å². The van der Waals surface area contributed by atoms with Crippen LogP contribution in [0.15, 0.2) is 0 Å². The quantitative estimate of drug-likeness (QED) is 0.315. The molecule has 0 aromatic carbocycles. The Kier molecular flexibility index (Phi) is 109. The zero-order valence-electron chi connectivity index (χ0n) is 5.41. The fourth-order valence-corrected chi connectivity index (χ4v) is 0.102. The van der Waals surface area contributed by atoms with E-state index in [1.54, 1.807) is 0 Å². The first-order chi connectivity index (χ1) is 2.41. The molecule has 0 amide bonds. The number of rotatable bonds is 2. The molecule has 0 fully saturated rings. The summed E-state index contributed by atoms with van der Waals surface area (Å²) >= 11 is 0. The third-order valence-corrected chi connectivity index (χ3v) is 0.394. The standard InChI is InChI=1S/C4H8O.2ClH.2Mg/c1-2-3-4-5;;;;/h1-4H2;2*1H;;/q-2;;;2*+2/p-2. The summed E-state index contributed by atoms with van der Waals surface area (Å²) in [5, 5.41) is 9.49. The van der Waals surface area contributed by atoms with Crippen molar-refractivity contribution < 1.29 is 29.9 Å². The third-order valence-electron chi connectivity index (χ3n) is 0.394. The molecule has 0 aliphatic carbocycles. The van der Waals surface area contributed by atoms with Gasteiger partial charge in [-0.1, -0.05) is 6.42 Å². The molecule has 0 saturated carbocycles. The maximum Gasteiger partial charge on any atom is 2.00 e. The van der Waals surface area contributed by atoms with E-state index in [9.17, 15) is 5.11 Å². The third kappa shape index (κ3) is 39.6. The molecule has 0 heterocycles. The molecule has 5 heteroatoms. The van der Waals surface area contributed by atoms with Crippen LogP contribution in [0.2, 0.25) is 0 Å². The van der Waals surface area contributed by atoms with Gasteiger partial charge in [-0.2, -0.15) is 6.42 Å². The molecule has 0 saturated heterocycles. The summed E-state index contributed by atoms with van der Waals surface area (Å²) in [6.45, 7) is 3.51. The van der Waals surface area contributed by atoms with Crippen molar-refractivity contribution in [3.8, 4) is 0 Å². The van der Waals surface area contributed by atoms with E-state index < -0.39 is 0 Å². The van der Waals surface area contributed by atoms with Gasteiger partial charge in [0.25, 0.3) is 0 Å². The van der Waals surface area contributed by atoms with Crippen LogP contribution < -0.4 is 29.9 Å². The first-order valence-corrected chi connectivity index (χ1v) is 1.79. The Morgan fingerprint density at radius 1 is 1.11 bits per heavy atom. The average molecular weight is 192 g/mol. The van der Waals surface area contributed by atoms with Gasteiger partial charge in [-0.05, 0) is 0 Å². The molecular formula is C4H8Cl2Mg2O. The van der Waals surface area contributed by atoms with E-state index in [2.05, 4.69) is 6.92 Å². The van der Waals surface area contributed by atoms with Crippen LogP contribution in [-0.4, -0.2) is 52.7 Å². The molecule has 48 valence electrons. The van der Waals surface area contributed by atoms with Gasteiger partial charge in [0.15, 0.2) is 0 Å². The van der Waals surface area contributed by atoms with Crippen molar-refractivity contribution in [1.82, 2.24) is 0 Å². The monoisotopic (exact) mass is 190 g/mol. The summed E-state index contributed by atoms with van der Waals surface area (Å²) in [5.41, 5.74) is 0. The zero-order chi connectivity index (χ0) is 4.12. The molecule has 0 rings (SSSR count). The molecule has 9 heavy (non-hydrogen) atoms. The first-order valence-electron chi connectivity index (χ1n) is 1.79. The van der Waals surface area contributed by atoms with Crippen molar-refractivity contribution >= 4 is 46.1 Å². The summed E-state index contributed by atoms with van der Waals surface area (Å²) in [7, 11) is 0. The van der Waals surface area contributed by atoms with Crippen LogP contribution in [0.5, 0.6) is 0 Å². The van der Waals surface area contributed by atoms with Gasteiger partial charge in [0, 0.05) is 0 Å². The Morgan fingerprint density at radius 3 is 1.44 bits per heavy atom. The second-order valence-electron chi connectivity index (χ2n) is 0.911. The van der Waals surface area contributed by atoms with E-state index in [0.29, 0.717) is 0 Å². The summed E-state index contributed by atoms with van der Waals surface area (Å²) in [6, 6.07) is 0. The number of halogens is 2. The van der Waals surface area contributed by atoms with Gasteiger partial charge in [0.05, 0.1) is 0 Å². The molecule has 0 unspecified atom stereocenters. The largest absolute Gasteiger partial charge is 2.00 e. The molecule has 0 N–H and O–H groups in total. The maximum atomic E-state index is 9.49. The van der Waals surface area contributed by atoms with Crippen LogP contribution in [0.1, 0.15) is 12.8 Å². The minimum absolute atomic E-state index is 0. The summed E-state index contributed by atoms with van der Waals surface area (Å²) < 4.78 is 0. The fourth-order valence-electron chi connectivity index (χ4n) is 0.102. The Labute approximate surface area is 101 Å². The second kappa shape index (κ2) is 32.2. The topological polar surface area (TPSA) is 23.1 Å². The normalized spacial score (nSPS) is 4.67. The van der Waals surface area contributed by atoms with E-state index in [4.69, 9.17) is 0 Å². The summed E-state index contributed by atoms with van der Waals surface area (Å²) in [6.07, 6.45) is 1.50. The molecule has 0 aromatic heterocycles. The molecule has 0 aromatic rings. The minimum atomic E-state index is 0. The molecule has 0 radical (unpaired) electrons. The Balaban J connectivity index is -0.0000000133. The molecule has 0 atom stereocenters. The Bertz CT molecular complexity index is 24.0. The van der Waals surface area contributed by atoms with Crippen molar-refractivity contribution in [2.45, 2.75) is 12.8 Å². The van der Waals surface area contributed by atoms with Gasteiger partial charge >= 0.3 is 46.1 Å². The predicted molar refractivity (Wildman–Crippen MR) is 31.0 cm³/mol. The SMILES string of the molecule is [CH2-]CCC[O-].[Cl-].[Cl-].[Mg+2].[Mg+2]. The summed E-state index contributed by atoms with van der Waals surface area (Å²) in [5.74, 6) is 0. The molecule has 1 nitrogen and oxygen atoms in total. The van der Waals surface area contributed by atoms with Crippen molar-refractivity contribution in [3.05, 3.63) is 6.92 Å². The maximum absolute atomic E-state index is 9.49. The second-order valence-corrected chi connectivity index (χ2v) is 0.911. The summed E-state index contributed by atoms with van der Waals surface area (Å²) in [4.78, 5) is 0. The first kappa shape index (κ1) is 30.5. The van der Waals surface area contributed by atoms with Crippen molar-refractivity contribution in [1.29, 1.82) is 0 Å². The van der Waals surface area contributed by atoms with E-state index in [0.717, 1.165) is 12.8 Å². The van der Waals surface area contributed by atoms with Gasteiger partial charge in [0.2, 0.25) is 0 Å². The molecule has 0 bridgehead atoms. The zero-order valence-corrected chi connectivity index (χ0v) is 9.75.